The maximum atomic E-state index is 12.3. The number of benzene rings is 2. The van der Waals surface area contributed by atoms with Gasteiger partial charge >= 0.3 is 0 Å². The minimum atomic E-state index is -0.0632. The lowest BCUT2D eigenvalue weighted by Gasteiger charge is -2.32. The molecular weight excluding hydrogens is 298 g/mol. The van der Waals surface area contributed by atoms with Crippen LogP contribution >= 0.6 is 0 Å². The van der Waals surface area contributed by atoms with Crippen LogP contribution < -0.4 is 5.32 Å². The number of anilines is 1. The molecule has 0 aliphatic carbocycles. The molecule has 1 heterocycles. The first-order valence-electron chi connectivity index (χ1n) is 8.48. The Morgan fingerprint density at radius 3 is 2.46 bits per heavy atom. The fraction of sp³-hybridized carbons (Fsp3) is 0.350. The molecule has 2 aromatic carbocycles. The van der Waals surface area contributed by atoms with E-state index in [-0.39, 0.29) is 5.91 Å². The van der Waals surface area contributed by atoms with Gasteiger partial charge in [-0.3, -0.25) is 9.69 Å². The quantitative estimate of drug-likeness (QED) is 0.939. The van der Waals surface area contributed by atoms with Crippen molar-refractivity contribution in [2.45, 2.75) is 13.5 Å². The summed E-state index contributed by atoms with van der Waals surface area (Å²) < 4.78 is 0. The van der Waals surface area contributed by atoms with Gasteiger partial charge in [-0.25, -0.2) is 0 Å². The Bertz CT molecular complexity index is 688. The van der Waals surface area contributed by atoms with Crippen molar-refractivity contribution < 1.29 is 4.79 Å². The van der Waals surface area contributed by atoms with Crippen molar-refractivity contribution in [2.75, 3.05) is 38.5 Å². The van der Waals surface area contributed by atoms with E-state index in [2.05, 4.69) is 34.3 Å². The molecule has 3 rings (SSSR count). The highest BCUT2D eigenvalue weighted by atomic mass is 16.1. The Morgan fingerprint density at radius 1 is 1.04 bits per heavy atom. The maximum absolute atomic E-state index is 12.3. The topological polar surface area (TPSA) is 35.6 Å². The zero-order valence-corrected chi connectivity index (χ0v) is 14.5. The summed E-state index contributed by atoms with van der Waals surface area (Å²) in [5, 5.41) is 3.00. The number of amides is 1. The van der Waals surface area contributed by atoms with Crippen molar-refractivity contribution >= 4 is 11.6 Å². The van der Waals surface area contributed by atoms with E-state index in [1.165, 1.54) is 5.56 Å². The van der Waals surface area contributed by atoms with Crippen LogP contribution in [0.2, 0.25) is 0 Å². The third kappa shape index (κ3) is 4.43. The molecule has 0 bridgehead atoms. The van der Waals surface area contributed by atoms with Gasteiger partial charge in [0.15, 0.2) is 0 Å². The first-order valence-corrected chi connectivity index (χ1v) is 8.48. The molecule has 1 amide bonds. The maximum Gasteiger partial charge on any atom is 0.255 e. The standard InChI is InChI=1S/C20H25N3O/c1-16-6-8-18(9-7-16)20(24)21-19-5-3-4-17(14-19)15-23-12-10-22(2)11-13-23/h3-9,14H,10-13,15H2,1-2H3,(H,21,24). The third-order valence-electron chi connectivity index (χ3n) is 4.50. The highest BCUT2D eigenvalue weighted by Gasteiger charge is 2.14. The van der Waals surface area contributed by atoms with Crippen molar-refractivity contribution in [2.24, 2.45) is 0 Å². The second kappa shape index (κ2) is 7.60. The molecule has 0 unspecified atom stereocenters. The zero-order valence-electron chi connectivity index (χ0n) is 14.5. The van der Waals surface area contributed by atoms with E-state index in [9.17, 15) is 4.79 Å². The molecule has 1 aliphatic heterocycles. The second-order valence-corrected chi connectivity index (χ2v) is 6.60. The van der Waals surface area contributed by atoms with Crippen LogP contribution in [-0.2, 0) is 6.54 Å². The Labute approximate surface area is 144 Å². The van der Waals surface area contributed by atoms with Crippen LogP contribution in [0.4, 0.5) is 5.69 Å². The number of hydrogen-bond acceptors (Lipinski definition) is 3. The number of hydrogen-bond donors (Lipinski definition) is 1. The average molecular weight is 323 g/mol. The molecule has 1 fully saturated rings. The summed E-state index contributed by atoms with van der Waals surface area (Å²) in [6, 6.07) is 15.8. The van der Waals surface area contributed by atoms with Crippen LogP contribution in [-0.4, -0.2) is 48.9 Å². The van der Waals surface area contributed by atoms with Crippen LogP contribution in [0.1, 0.15) is 21.5 Å². The minimum absolute atomic E-state index is 0.0632. The van der Waals surface area contributed by atoms with E-state index >= 15 is 0 Å². The number of nitrogens with zero attached hydrogens (tertiary/aromatic N) is 2. The Balaban J connectivity index is 1.62. The molecule has 1 saturated heterocycles. The first-order chi connectivity index (χ1) is 11.6. The fourth-order valence-corrected chi connectivity index (χ4v) is 2.92. The number of aryl methyl sites for hydroxylation is 1. The summed E-state index contributed by atoms with van der Waals surface area (Å²) in [5.41, 5.74) is 3.93. The molecule has 1 aliphatic rings. The molecule has 126 valence electrons. The number of nitrogens with one attached hydrogen (secondary N) is 1. The molecule has 1 N–H and O–H groups in total. The van der Waals surface area contributed by atoms with Gasteiger partial charge in [0.25, 0.3) is 5.91 Å². The molecule has 24 heavy (non-hydrogen) atoms. The number of carbonyl (C=O) groups is 1. The lowest BCUT2D eigenvalue weighted by molar-refractivity contribution is 0.102. The molecule has 0 saturated carbocycles. The highest BCUT2D eigenvalue weighted by molar-refractivity contribution is 6.04. The first kappa shape index (κ1) is 16.7. The Kier molecular flexibility index (Phi) is 5.28. The number of likely N-dealkylation sites (N-methyl/N-ethyl adjacent to an activating group) is 1. The van der Waals surface area contributed by atoms with Gasteiger partial charge < -0.3 is 10.2 Å². The molecule has 0 spiro atoms. The number of carbonyl (C=O) groups excluding carboxylic acids is 1. The lowest BCUT2D eigenvalue weighted by atomic mass is 10.1. The minimum Gasteiger partial charge on any atom is -0.322 e. The SMILES string of the molecule is Cc1ccc(C(=O)Nc2cccc(CN3CCN(C)CC3)c2)cc1. The van der Waals surface area contributed by atoms with Crippen molar-refractivity contribution in [3.05, 3.63) is 65.2 Å². The molecule has 0 radical (unpaired) electrons. The van der Waals surface area contributed by atoms with Crippen molar-refractivity contribution in [1.29, 1.82) is 0 Å². The van der Waals surface area contributed by atoms with Crippen LogP contribution in [0.15, 0.2) is 48.5 Å². The number of rotatable bonds is 4. The smallest absolute Gasteiger partial charge is 0.255 e. The molecule has 0 aromatic heterocycles. The molecular formula is C20H25N3O. The molecule has 0 atom stereocenters. The predicted octanol–water partition coefficient (Wildman–Crippen LogP) is 2.99. The number of piperazine rings is 1. The van der Waals surface area contributed by atoms with Crippen LogP contribution in [0.25, 0.3) is 0 Å². The average Bonchev–Trinajstić information content (AvgIpc) is 2.58. The van der Waals surface area contributed by atoms with Gasteiger partial charge in [-0.15, -0.1) is 0 Å². The van der Waals surface area contributed by atoms with Crippen LogP contribution in [0.3, 0.4) is 0 Å². The summed E-state index contributed by atoms with van der Waals surface area (Å²) in [4.78, 5) is 17.2. The monoisotopic (exact) mass is 323 g/mol. The van der Waals surface area contributed by atoms with Gasteiger partial charge in [-0.1, -0.05) is 29.8 Å². The van der Waals surface area contributed by atoms with E-state index < -0.39 is 0 Å². The van der Waals surface area contributed by atoms with E-state index in [1.54, 1.807) is 0 Å². The Morgan fingerprint density at radius 2 is 1.75 bits per heavy atom. The van der Waals surface area contributed by atoms with Gasteiger partial charge in [0.05, 0.1) is 0 Å². The normalized spacial score (nSPS) is 16.1. The van der Waals surface area contributed by atoms with Gasteiger partial charge in [0.2, 0.25) is 0 Å². The fourth-order valence-electron chi connectivity index (χ4n) is 2.92. The summed E-state index contributed by atoms with van der Waals surface area (Å²) in [7, 11) is 2.17. The van der Waals surface area contributed by atoms with Gasteiger partial charge in [0.1, 0.15) is 0 Å². The summed E-state index contributed by atoms with van der Waals surface area (Å²) in [6.45, 7) is 7.37. The van der Waals surface area contributed by atoms with Crippen molar-refractivity contribution in [3.8, 4) is 0 Å². The van der Waals surface area contributed by atoms with E-state index in [1.807, 2.05) is 43.3 Å². The second-order valence-electron chi connectivity index (χ2n) is 6.60. The summed E-state index contributed by atoms with van der Waals surface area (Å²) in [5.74, 6) is -0.0632. The van der Waals surface area contributed by atoms with Crippen LogP contribution in [0.5, 0.6) is 0 Å². The predicted molar refractivity (Wildman–Crippen MR) is 98.3 cm³/mol. The zero-order chi connectivity index (χ0) is 16.9. The van der Waals surface area contributed by atoms with E-state index in [4.69, 9.17) is 0 Å². The highest BCUT2D eigenvalue weighted by Crippen LogP contribution is 2.15. The largest absolute Gasteiger partial charge is 0.322 e. The summed E-state index contributed by atoms with van der Waals surface area (Å²) in [6.07, 6.45) is 0. The third-order valence-corrected chi connectivity index (χ3v) is 4.50. The van der Waals surface area contributed by atoms with Gasteiger partial charge in [-0.2, -0.15) is 0 Å². The van der Waals surface area contributed by atoms with Crippen molar-refractivity contribution in [3.63, 3.8) is 0 Å². The molecule has 2 aromatic rings. The van der Waals surface area contributed by atoms with E-state index in [0.29, 0.717) is 5.56 Å². The van der Waals surface area contributed by atoms with Crippen molar-refractivity contribution in [1.82, 2.24) is 9.80 Å². The summed E-state index contributed by atoms with van der Waals surface area (Å²) >= 11 is 0. The van der Waals surface area contributed by atoms with Gasteiger partial charge in [0, 0.05) is 44.0 Å². The Hall–Kier alpha value is -2.17. The molecule has 4 heteroatoms. The molecule has 4 nitrogen and oxygen atoms in total. The van der Waals surface area contributed by atoms with Gasteiger partial charge in [-0.05, 0) is 43.8 Å². The van der Waals surface area contributed by atoms with Crippen LogP contribution in [0, 0.1) is 6.92 Å². The lowest BCUT2D eigenvalue weighted by Crippen LogP contribution is -2.43. The van der Waals surface area contributed by atoms with E-state index in [0.717, 1.165) is 44.0 Å².